The maximum atomic E-state index is 13.1. The van der Waals surface area contributed by atoms with E-state index in [1.54, 1.807) is 23.6 Å². The molecule has 0 radical (unpaired) electrons. The Kier molecular flexibility index (Phi) is 7.36. The highest BCUT2D eigenvalue weighted by Gasteiger charge is 2.37. The SMILES string of the molecule is CCCCSc1nnc2c(n1)O[C@H](c1ccccc1OCC)N(C(C)=O)c1c(C)cc(C)cc1-2. The number of amides is 1. The van der Waals surface area contributed by atoms with Crippen molar-refractivity contribution in [3.8, 4) is 22.9 Å². The van der Waals surface area contributed by atoms with E-state index >= 15 is 0 Å². The van der Waals surface area contributed by atoms with E-state index in [-0.39, 0.29) is 5.91 Å². The fourth-order valence-electron chi connectivity index (χ4n) is 4.15. The van der Waals surface area contributed by atoms with Crippen LogP contribution in [0.3, 0.4) is 0 Å². The normalized spacial score (nSPS) is 14.6. The number of fused-ring (bicyclic) bond motifs is 3. The van der Waals surface area contributed by atoms with Crippen LogP contribution in [-0.2, 0) is 4.79 Å². The molecule has 0 saturated heterocycles. The molecule has 1 amide bonds. The van der Waals surface area contributed by atoms with Crippen molar-refractivity contribution in [2.75, 3.05) is 17.3 Å². The lowest BCUT2D eigenvalue weighted by Crippen LogP contribution is -2.36. The highest BCUT2D eigenvalue weighted by molar-refractivity contribution is 7.99. The predicted molar refractivity (Wildman–Crippen MR) is 135 cm³/mol. The van der Waals surface area contributed by atoms with Crippen LogP contribution in [0.1, 0.15) is 56.5 Å². The van der Waals surface area contributed by atoms with Crippen LogP contribution in [0, 0.1) is 13.8 Å². The van der Waals surface area contributed by atoms with E-state index in [4.69, 9.17) is 14.5 Å². The number of carbonyl (C=O) groups excluding carboxylic acids is 1. The lowest BCUT2D eigenvalue weighted by atomic mass is 10.00. The third-order valence-corrected chi connectivity index (χ3v) is 6.51. The zero-order valence-corrected chi connectivity index (χ0v) is 21.1. The first-order valence-electron chi connectivity index (χ1n) is 11.6. The van der Waals surface area contributed by atoms with Crippen LogP contribution in [0.2, 0.25) is 0 Å². The predicted octanol–water partition coefficient (Wildman–Crippen LogP) is 5.89. The van der Waals surface area contributed by atoms with Crippen molar-refractivity contribution in [3.05, 3.63) is 53.1 Å². The van der Waals surface area contributed by atoms with Gasteiger partial charge in [0.05, 0.1) is 17.9 Å². The summed E-state index contributed by atoms with van der Waals surface area (Å²) in [6, 6.07) is 11.7. The Hall–Kier alpha value is -3.13. The summed E-state index contributed by atoms with van der Waals surface area (Å²) in [4.78, 5) is 19.6. The minimum atomic E-state index is -0.771. The largest absolute Gasteiger partial charge is 0.493 e. The van der Waals surface area contributed by atoms with Crippen LogP contribution in [0.25, 0.3) is 11.3 Å². The van der Waals surface area contributed by atoms with Gasteiger partial charge in [0.2, 0.25) is 23.2 Å². The van der Waals surface area contributed by atoms with Gasteiger partial charge < -0.3 is 9.47 Å². The molecule has 0 unspecified atom stereocenters. The molecular weight excluding hydrogens is 448 g/mol. The third-order valence-electron chi connectivity index (χ3n) is 5.59. The molecule has 7 nitrogen and oxygen atoms in total. The Bertz CT molecular complexity index is 1200. The molecule has 1 aromatic heterocycles. The number of aromatic nitrogens is 3. The van der Waals surface area contributed by atoms with Crippen LogP contribution in [0.4, 0.5) is 5.69 Å². The zero-order chi connectivity index (χ0) is 24.2. The highest BCUT2D eigenvalue weighted by atomic mass is 32.2. The first-order valence-corrected chi connectivity index (χ1v) is 12.6. The average Bonchev–Trinajstić information content (AvgIpc) is 2.94. The van der Waals surface area contributed by atoms with Gasteiger partial charge in [-0.25, -0.2) is 0 Å². The first kappa shape index (κ1) is 24.0. The monoisotopic (exact) mass is 478 g/mol. The number of carbonyl (C=O) groups is 1. The van der Waals surface area contributed by atoms with E-state index in [2.05, 4.69) is 23.2 Å². The number of nitrogens with zero attached hydrogens (tertiary/aromatic N) is 4. The first-order chi connectivity index (χ1) is 16.4. The van der Waals surface area contributed by atoms with Crippen molar-refractivity contribution in [2.45, 2.75) is 58.8 Å². The smallest absolute Gasteiger partial charge is 0.247 e. The van der Waals surface area contributed by atoms with Crippen molar-refractivity contribution in [1.82, 2.24) is 15.2 Å². The number of rotatable bonds is 7. The molecule has 178 valence electrons. The van der Waals surface area contributed by atoms with E-state index in [1.165, 1.54) is 0 Å². The standard InChI is InChI=1S/C26H30N4O3S/c1-6-8-13-34-26-27-24-22(28-29-26)20-15-16(3)14-17(4)23(20)30(18(5)31)25(33-24)19-11-9-10-12-21(19)32-7-2/h9-12,14-15,25H,6-8,13H2,1-5H3/t25-/m1/s1. The summed E-state index contributed by atoms with van der Waals surface area (Å²) in [5.41, 5.74) is 4.81. The molecule has 0 spiro atoms. The van der Waals surface area contributed by atoms with Gasteiger partial charge in [0.25, 0.3) is 0 Å². The number of unbranched alkanes of at least 4 members (excludes halogenated alkanes) is 1. The molecule has 3 aromatic rings. The van der Waals surface area contributed by atoms with Crippen LogP contribution in [0.5, 0.6) is 11.6 Å². The van der Waals surface area contributed by atoms with E-state index < -0.39 is 6.23 Å². The van der Waals surface area contributed by atoms with Crippen LogP contribution < -0.4 is 14.4 Å². The summed E-state index contributed by atoms with van der Waals surface area (Å²) >= 11 is 1.56. The van der Waals surface area contributed by atoms with Gasteiger partial charge in [0, 0.05) is 18.2 Å². The average molecular weight is 479 g/mol. The number of thioether (sulfide) groups is 1. The summed E-state index contributed by atoms with van der Waals surface area (Å²) in [6.07, 6.45) is 1.39. The van der Waals surface area contributed by atoms with Crippen molar-refractivity contribution < 1.29 is 14.3 Å². The summed E-state index contributed by atoms with van der Waals surface area (Å²) < 4.78 is 12.4. The molecular formula is C26H30N4O3S. The Balaban J connectivity index is 1.94. The van der Waals surface area contributed by atoms with Crippen LogP contribution >= 0.6 is 11.8 Å². The van der Waals surface area contributed by atoms with E-state index in [1.807, 2.05) is 51.1 Å². The van der Waals surface area contributed by atoms with Crippen molar-refractivity contribution in [2.24, 2.45) is 0 Å². The molecule has 1 aliphatic heterocycles. The molecule has 34 heavy (non-hydrogen) atoms. The molecule has 4 rings (SSSR count). The number of benzene rings is 2. The summed E-state index contributed by atoms with van der Waals surface area (Å²) in [6.45, 7) is 10.1. The minimum Gasteiger partial charge on any atom is -0.493 e. The topological polar surface area (TPSA) is 77.4 Å². The number of hydrogen-bond donors (Lipinski definition) is 0. The Morgan fingerprint density at radius 3 is 2.71 bits per heavy atom. The Labute approximate surface area is 204 Å². The second-order valence-corrected chi connectivity index (χ2v) is 9.32. The van der Waals surface area contributed by atoms with Gasteiger partial charge in [-0.05, 0) is 51.0 Å². The van der Waals surface area contributed by atoms with E-state index in [0.717, 1.165) is 46.5 Å². The molecule has 0 bridgehead atoms. The number of hydrogen-bond acceptors (Lipinski definition) is 7. The van der Waals surface area contributed by atoms with E-state index in [0.29, 0.717) is 29.1 Å². The Morgan fingerprint density at radius 1 is 1.18 bits per heavy atom. The van der Waals surface area contributed by atoms with E-state index in [9.17, 15) is 4.79 Å². The molecule has 2 heterocycles. The molecule has 0 saturated carbocycles. The zero-order valence-electron chi connectivity index (χ0n) is 20.3. The second-order valence-electron chi connectivity index (χ2n) is 8.26. The van der Waals surface area contributed by atoms with Gasteiger partial charge in [0.1, 0.15) is 5.75 Å². The van der Waals surface area contributed by atoms with Crippen LogP contribution in [-0.4, -0.2) is 33.4 Å². The third kappa shape index (κ3) is 4.73. The lowest BCUT2D eigenvalue weighted by Gasteiger charge is -2.32. The number of para-hydroxylation sites is 1. The summed E-state index contributed by atoms with van der Waals surface area (Å²) in [5.74, 6) is 1.78. The molecule has 1 aliphatic rings. The van der Waals surface area contributed by atoms with Gasteiger partial charge >= 0.3 is 0 Å². The van der Waals surface area contributed by atoms with Crippen molar-refractivity contribution in [3.63, 3.8) is 0 Å². The molecule has 1 atom stereocenters. The fraction of sp³-hybridized carbons (Fsp3) is 0.385. The van der Waals surface area contributed by atoms with Gasteiger partial charge in [-0.1, -0.05) is 48.9 Å². The van der Waals surface area contributed by atoms with Gasteiger partial charge in [-0.3, -0.25) is 9.69 Å². The fourth-order valence-corrected chi connectivity index (χ4v) is 5.01. The number of anilines is 1. The van der Waals surface area contributed by atoms with Gasteiger partial charge in [-0.15, -0.1) is 10.2 Å². The summed E-state index contributed by atoms with van der Waals surface area (Å²) in [5, 5.41) is 9.47. The molecule has 0 aliphatic carbocycles. The lowest BCUT2D eigenvalue weighted by molar-refractivity contribution is -0.118. The highest BCUT2D eigenvalue weighted by Crippen LogP contribution is 2.46. The van der Waals surface area contributed by atoms with Crippen LogP contribution in [0.15, 0.2) is 41.6 Å². The quantitative estimate of drug-likeness (QED) is 0.309. The Morgan fingerprint density at radius 2 is 1.97 bits per heavy atom. The maximum absolute atomic E-state index is 13.1. The molecule has 8 heteroatoms. The maximum Gasteiger partial charge on any atom is 0.247 e. The molecule has 0 fully saturated rings. The number of aryl methyl sites for hydroxylation is 2. The van der Waals surface area contributed by atoms with Gasteiger partial charge in [-0.2, -0.15) is 4.98 Å². The molecule has 2 aromatic carbocycles. The second kappa shape index (κ2) is 10.4. The summed E-state index contributed by atoms with van der Waals surface area (Å²) in [7, 11) is 0. The minimum absolute atomic E-state index is 0.150. The number of ether oxygens (including phenoxy) is 2. The molecule has 0 N–H and O–H groups in total. The van der Waals surface area contributed by atoms with Gasteiger partial charge in [0.15, 0.2) is 5.69 Å². The van der Waals surface area contributed by atoms with Crippen molar-refractivity contribution in [1.29, 1.82) is 0 Å². The van der Waals surface area contributed by atoms with Crippen molar-refractivity contribution >= 4 is 23.4 Å².